The lowest BCUT2D eigenvalue weighted by molar-refractivity contribution is 0.0918. The van der Waals surface area contributed by atoms with Crippen molar-refractivity contribution in [1.82, 2.24) is 14.8 Å². The minimum atomic E-state index is -3.17. The highest BCUT2D eigenvalue weighted by molar-refractivity contribution is 7.91. The Balaban J connectivity index is 1.58. The van der Waals surface area contributed by atoms with Crippen LogP contribution in [0.25, 0.3) is 5.69 Å². The fourth-order valence-electron chi connectivity index (χ4n) is 4.63. The van der Waals surface area contributed by atoms with E-state index in [1.54, 1.807) is 18.2 Å². The Hall–Kier alpha value is -2.19. The zero-order chi connectivity index (χ0) is 20.8. The summed E-state index contributed by atoms with van der Waals surface area (Å²) in [5.41, 5.74) is 2.88. The van der Waals surface area contributed by atoms with Gasteiger partial charge in [0.05, 0.1) is 23.1 Å². The average Bonchev–Trinajstić information content (AvgIpc) is 3.35. The molecule has 6 nitrogen and oxygen atoms in total. The lowest BCUT2D eigenvalue weighted by Gasteiger charge is -2.28. The number of halogens is 1. The van der Waals surface area contributed by atoms with Crippen LogP contribution in [0.3, 0.4) is 0 Å². The summed E-state index contributed by atoms with van der Waals surface area (Å²) in [4.78, 5) is 15.2. The fraction of sp³-hybridized carbons (Fsp3) is 0.476. The maximum Gasteiger partial charge on any atom is 0.253 e. The van der Waals surface area contributed by atoms with E-state index in [1.807, 2.05) is 18.4 Å². The Morgan fingerprint density at radius 1 is 1.10 bits per heavy atom. The Morgan fingerprint density at radius 2 is 1.76 bits per heavy atom. The second-order valence-electron chi connectivity index (χ2n) is 8.06. The van der Waals surface area contributed by atoms with Gasteiger partial charge in [-0.15, -0.1) is 0 Å². The Kier molecular flexibility index (Phi) is 5.25. The monoisotopic (exact) mass is 419 g/mol. The molecule has 0 aliphatic carbocycles. The number of hydrogen-bond acceptors (Lipinski definition) is 4. The van der Waals surface area contributed by atoms with Crippen molar-refractivity contribution < 1.29 is 17.6 Å². The van der Waals surface area contributed by atoms with E-state index in [9.17, 15) is 17.6 Å². The lowest BCUT2D eigenvalue weighted by Crippen LogP contribution is -2.50. The molecule has 0 spiro atoms. The van der Waals surface area contributed by atoms with Gasteiger partial charge in [0.1, 0.15) is 5.82 Å². The zero-order valence-corrected chi connectivity index (χ0v) is 17.5. The van der Waals surface area contributed by atoms with Gasteiger partial charge in [0, 0.05) is 23.1 Å². The van der Waals surface area contributed by atoms with Crippen LogP contribution in [0.5, 0.6) is 0 Å². The molecule has 156 valence electrons. The van der Waals surface area contributed by atoms with Crippen LogP contribution in [0, 0.1) is 19.7 Å². The summed E-state index contributed by atoms with van der Waals surface area (Å²) in [5, 5.41) is 2.99. The molecule has 0 bridgehead atoms. The number of hydrogen-bond donors (Lipinski definition) is 1. The van der Waals surface area contributed by atoms with Crippen molar-refractivity contribution >= 4 is 15.7 Å². The van der Waals surface area contributed by atoms with Gasteiger partial charge in [-0.1, -0.05) is 0 Å². The normalized spacial score (nSPS) is 24.1. The third-order valence-electron chi connectivity index (χ3n) is 6.01. The molecule has 1 N–H and O–H groups in total. The van der Waals surface area contributed by atoms with E-state index < -0.39 is 15.9 Å². The highest BCUT2D eigenvalue weighted by Crippen LogP contribution is 2.25. The van der Waals surface area contributed by atoms with Crippen molar-refractivity contribution in [3.05, 3.63) is 53.1 Å². The summed E-state index contributed by atoms with van der Waals surface area (Å²) in [5.74, 6) is -0.495. The number of nitrogens with zero attached hydrogens (tertiary/aromatic N) is 2. The number of nitrogens with one attached hydrogen (secondary N) is 1. The molecule has 2 unspecified atom stereocenters. The molecular formula is C21H26FN3O3S. The van der Waals surface area contributed by atoms with Gasteiger partial charge >= 0.3 is 0 Å². The Bertz CT molecular complexity index is 1020. The van der Waals surface area contributed by atoms with E-state index in [1.165, 1.54) is 12.1 Å². The van der Waals surface area contributed by atoms with E-state index in [0.717, 1.165) is 43.0 Å². The SMILES string of the molecule is Cc1cc(C(=O)NC2CS(=O)(=O)CC2N2CCCC2)c(C)n1-c1ccc(F)cc1. The van der Waals surface area contributed by atoms with Gasteiger partial charge in [0.15, 0.2) is 9.84 Å². The van der Waals surface area contributed by atoms with E-state index in [0.29, 0.717) is 5.56 Å². The number of likely N-dealkylation sites (tertiary alicyclic amines) is 1. The van der Waals surface area contributed by atoms with E-state index in [2.05, 4.69) is 10.2 Å². The molecule has 1 aromatic carbocycles. The molecule has 0 radical (unpaired) electrons. The third-order valence-corrected chi connectivity index (χ3v) is 7.73. The van der Waals surface area contributed by atoms with Crippen molar-refractivity contribution in [2.24, 2.45) is 0 Å². The van der Waals surface area contributed by atoms with Crippen LogP contribution in [-0.4, -0.2) is 60.5 Å². The van der Waals surface area contributed by atoms with Gasteiger partial charge in [0.25, 0.3) is 5.91 Å². The smallest absolute Gasteiger partial charge is 0.253 e. The van der Waals surface area contributed by atoms with Crippen LogP contribution in [0.15, 0.2) is 30.3 Å². The minimum Gasteiger partial charge on any atom is -0.347 e. The van der Waals surface area contributed by atoms with Crippen molar-refractivity contribution in [2.45, 2.75) is 38.8 Å². The van der Waals surface area contributed by atoms with Crippen molar-refractivity contribution in [1.29, 1.82) is 0 Å². The van der Waals surface area contributed by atoms with Crippen molar-refractivity contribution in [3.8, 4) is 5.69 Å². The van der Waals surface area contributed by atoms with Gasteiger partial charge in [-0.2, -0.15) is 0 Å². The van der Waals surface area contributed by atoms with Gasteiger partial charge in [0.2, 0.25) is 0 Å². The lowest BCUT2D eigenvalue weighted by atomic mass is 10.1. The quantitative estimate of drug-likeness (QED) is 0.825. The number of carbonyl (C=O) groups is 1. The summed E-state index contributed by atoms with van der Waals surface area (Å²) in [6, 6.07) is 7.35. The summed E-state index contributed by atoms with van der Waals surface area (Å²) in [6.07, 6.45) is 2.13. The number of aromatic nitrogens is 1. The summed E-state index contributed by atoms with van der Waals surface area (Å²) in [7, 11) is -3.17. The van der Waals surface area contributed by atoms with Crippen molar-refractivity contribution in [3.63, 3.8) is 0 Å². The van der Waals surface area contributed by atoms with Crippen LogP contribution in [-0.2, 0) is 9.84 Å². The highest BCUT2D eigenvalue weighted by Gasteiger charge is 2.42. The summed E-state index contributed by atoms with van der Waals surface area (Å²) in [6.45, 7) is 5.49. The first-order chi connectivity index (χ1) is 13.7. The second-order valence-corrected chi connectivity index (χ2v) is 10.2. The first kappa shape index (κ1) is 20.1. The van der Waals surface area contributed by atoms with Gasteiger partial charge < -0.3 is 9.88 Å². The predicted molar refractivity (Wildman–Crippen MR) is 110 cm³/mol. The molecule has 2 fully saturated rings. The molecule has 3 heterocycles. The molecule has 2 aliphatic heterocycles. The van der Waals surface area contributed by atoms with Crippen LogP contribution >= 0.6 is 0 Å². The Morgan fingerprint density at radius 3 is 2.41 bits per heavy atom. The summed E-state index contributed by atoms with van der Waals surface area (Å²) >= 11 is 0. The second kappa shape index (κ2) is 7.57. The van der Waals surface area contributed by atoms with Crippen LogP contribution < -0.4 is 5.32 Å². The molecule has 2 atom stereocenters. The number of rotatable bonds is 4. The summed E-state index contributed by atoms with van der Waals surface area (Å²) < 4.78 is 39.7. The van der Waals surface area contributed by atoms with E-state index in [-0.39, 0.29) is 29.3 Å². The molecule has 29 heavy (non-hydrogen) atoms. The van der Waals surface area contributed by atoms with Crippen LogP contribution in [0.1, 0.15) is 34.6 Å². The number of carbonyl (C=O) groups excluding carboxylic acids is 1. The zero-order valence-electron chi connectivity index (χ0n) is 16.7. The highest BCUT2D eigenvalue weighted by atomic mass is 32.2. The van der Waals surface area contributed by atoms with E-state index in [4.69, 9.17) is 0 Å². The Labute approximate surface area is 170 Å². The number of benzene rings is 1. The first-order valence-electron chi connectivity index (χ1n) is 9.95. The van der Waals surface area contributed by atoms with Crippen molar-refractivity contribution in [2.75, 3.05) is 24.6 Å². The number of amides is 1. The molecular weight excluding hydrogens is 393 g/mol. The molecule has 2 aromatic rings. The minimum absolute atomic E-state index is 0.0173. The maximum atomic E-state index is 13.3. The average molecular weight is 420 g/mol. The van der Waals surface area contributed by atoms with E-state index >= 15 is 0 Å². The predicted octanol–water partition coefficient (Wildman–Crippen LogP) is 2.22. The van der Waals surface area contributed by atoms with Crippen LogP contribution in [0.2, 0.25) is 0 Å². The maximum absolute atomic E-state index is 13.3. The van der Waals surface area contributed by atoms with Gasteiger partial charge in [-0.05, 0) is 70.1 Å². The topological polar surface area (TPSA) is 71.4 Å². The van der Waals surface area contributed by atoms with Gasteiger partial charge in [-0.25, -0.2) is 12.8 Å². The molecule has 2 aliphatic rings. The van der Waals surface area contributed by atoms with Crippen LogP contribution in [0.4, 0.5) is 4.39 Å². The molecule has 4 rings (SSSR count). The molecule has 8 heteroatoms. The standard InChI is InChI=1S/C21H26FN3O3S/c1-14-11-18(15(2)25(14)17-7-5-16(22)6-8-17)21(26)23-19-12-29(27,28)13-20(19)24-9-3-4-10-24/h5-8,11,19-20H,3-4,9-10,12-13H2,1-2H3,(H,23,26). The molecule has 0 saturated carbocycles. The molecule has 1 aromatic heterocycles. The van der Waals surface area contributed by atoms with Gasteiger partial charge in [-0.3, -0.25) is 9.69 Å². The first-order valence-corrected chi connectivity index (χ1v) is 11.8. The number of aryl methyl sites for hydroxylation is 1. The largest absolute Gasteiger partial charge is 0.347 e. The fourth-order valence-corrected chi connectivity index (χ4v) is 6.58. The molecule has 1 amide bonds. The number of sulfone groups is 1. The third kappa shape index (κ3) is 3.96. The molecule has 2 saturated heterocycles.